The van der Waals surface area contributed by atoms with Gasteiger partial charge in [-0.3, -0.25) is 20.0 Å². The number of carbonyl (C=O) groups is 1. The van der Waals surface area contributed by atoms with Crippen LogP contribution in [0.1, 0.15) is 27.6 Å². The number of rotatable bonds is 4. The minimum atomic E-state index is -0.495. The van der Waals surface area contributed by atoms with Crippen molar-refractivity contribution in [1.29, 1.82) is 0 Å². The number of nitrogens with zero attached hydrogens (tertiary/aromatic N) is 4. The first kappa shape index (κ1) is 14.6. The molecule has 2 rings (SSSR count). The fourth-order valence-corrected chi connectivity index (χ4v) is 2.00. The number of benzene rings is 1. The van der Waals surface area contributed by atoms with E-state index in [0.29, 0.717) is 22.8 Å². The molecule has 1 amide bonds. The molecule has 8 heteroatoms. The van der Waals surface area contributed by atoms with Gasteiger partial charge >= 0.3 is 0 Å². The second kappa shape index (κ2) is 5.70. The van der Waals surface area contributed by atoms with Crippen LogP contribution in [0.3, 0.4) is 0 Å². The summed E-state index contributed by atoms with van der Waals surface area (Å²) in [6, 6.07) is 4.46. The normalized spacial score (nSPS) is 10.4. The van der Waals surface area contributed by atoms with Gasteiger partial charge in [0.1, 0.15) is 5.82 Å². The number of H-pyrrole nitrogens is 1. The molecule has 0 saturated carbocycles. The number of amides is 1. The highest BCUT2D eigenvalue weighted by Gasteiger charge is 2.21. The lowest BCUT2D eigenvalue weighted by Crippen LogP contribution is -2.27. The van der Waals surface area contributed by atoms with Gasteiger partial charge in [-0.25, -0.2) is 4.98 Å². The molecule has 0 bridgehead atoms. The first-order chi connectivity index (χ1) is 9.90. The molecule has 21 heavy (non-hydrogen) atoms. The van der Waals surface area contributed by atoms with Gasteiger partial charge in [0.05, 0.1) is 11.5 Å². The van der Waals surface area contributed by atoms with Gasteiger partial charge in [-0.05, 0) is 19.9 Å². The number of nitro benzene ring substituents is 1. The average Bonchev–Trinajstić information content (AvgIpc) is 2.83. The molecule has 8 nitrogen and oxygen atoms in total. The summed E-state index contributed by atoms with van der Waals surface area (Å²) in [4.78, 5) is 28.4. The van der Waals surface area contributed by atoms with Gasteiger partial charge in [0.25, 0.3) is 11.6 Å². The van der Waals surface area contributed by atoms with Crippen LogP contribution in [-0.4, -0.2) is 38.0 Å². The average molecular weight is 289 g/mol. The molecular formula is C13H15N5O3. The lowest BCUT2D eigenvalue weighted by Gasteiger charge is -2.16. The molecule has 0 spiro atoms. The molecule has 0 atom stereocenters. The number of nitrogens with one attached hydrogen (secondary N) is 1. The van der Waals surface area contributed by atoms with E-state index in [4.69, 9.17) is 0 Å². The van der Waals surface area contributed by atoms with E-state index < -0.39 is 4.92 Å². The van der Waals surface area contributed by atoms with Gasteiger partial charge in [-0.1, -0.05) is 6.07 Å². The highest BCUT2D eigenvalue weighted by Crippen LogP contribution is 2.22. The Morgan fingerprint density at radius 2 is 2.14 bits per heavy atom. The van der Waals surface area contributed by atoms with Crippen LogP contribution in [0.5, 0.6) is 0 Å². The van der Waals surface area contributed by atoms with E-state index in [1.807, 2.05) is 0 Å². The predicted molar refractivity (Wildman–Crippen MR) is 74.8 cm³/mol. The summed E-state index contributed by atoms with van der Waals surface area (Å²) in [7, 11) is 1.60. The minimum absolute atomic E-state index is 0.0667. The van der Waals surface area contributed by atoms with Crippen molar-refractivity contribution in [1.82, 2.24) is 20.1 Å². The van der Waals surface area contributed by atoms with E-state index in [0.717, 1.165) is 0 Å². The van der Waals surface area contributed by atoms with E-state index in [-0.39, 0.29) is 18.1 Å². The van der Waals surface area contributed by atoms with Crippen molar-refractivity contribution in [2.24, 2.45) is 0 Å². The molecule has 0 unspecified atom stereocenters. The lowest BCUT2D eigenvalue weighted by atomic mass is 10.1. The summed E-state index contributed by atoms with van der Waals surface area (Å²) in [5.41, 5.74) is 0.590. The third kappa shape index (κ3) is 3.04. The summed E-state index contributed by atoms with van der Waals surface area (Å²) in [5, 5.41) is 17.6. The largest absolute Gasteiger partial charge is 0.334 e. The van der Waals surface area contributed by atoms with Crippen molar-refractivity contribution in [2.45, 2.75) is 20.4 Å². The fraction of sp³-hybridized carbons (Fsp3) is 0.308. The van der Waals surface area contributed by atoms with E-state index in [1.54, 1.807) is 27.0 Å². The van der Waals surface area contributed by atoms with Crippen LogP contribution in [0, 0.1) is 24.0 Å². The molecule has 0 saturated heterocycles. The van der Waals surface area contributed by atoms with Crippen molar-refractivity contribution in [3.05, 3.63) is 51.1 Å². The zero-order valence-electron chi connectivity index (χ0n) is 12.0. The van der Waals surface area contributed by atoms with Gasteiger partial charge in [0.15, 0.2) is 5.82 Å². The molecule has 1 N–H and O–H groups in total. The van der Waals surface area contributed by atoms with Gasteiger partial charge in [0, 0.05) is 24.2 Å². The Hall–Kier alpha value is -2.77. The number of hydrogen-bond acceptors (Lipinski definition) is 5. The minimum Gasteiger partial charge on any atom is -0.334 e. The standard InChI is InChI=1S/C13H15N5O3/c1-8-10(5-4-6-11(8)18(20)21)13(19)17(3)7-12-14-9(2)15-16-12/h4-6H,7H2,1-3H3,(H,14,15,16). The SMILES string of the molecule is Cc1nc(CN(C)C(=O)c2cccc([N+](=O)[O-])c2C)n[nH]1. The number of aromatic amines is 1. The Labute approximate surface area is 121 Å². The Morgan fingerprint density at radius 1 is 1.43 bits per heavy atom. The fourth-order valence-electron chi connectivity index (χ4n) is 2.00. The molecule has 1 heterocycles. The molecule has 0 aliphatic carbocycles. The summed E-state index contributed by atoms with van der Waals surface area (Å²) in [5.74, 6) is 0.850. The zero-order valence-corrected chi connectivity index (χ0v) is 12.0. The van der Waals surface area contributed by atoms with Crippen molar-refractivity contribution in [3.8, 4) is 0 Å². The number of aromatic nitrogens is 3. The molecule has 0 fully saturated rings. The predicted octanol–water partition coefficient (Wildman–Crippen LogP) is 1.60. The van der Waals surface area contributed by atoms with Crippen molar-refractivity contribution >= 4 is 11.6 Å². The molecule has 0 aliphatic rings. The van der Waals surface area contributed by atoms with Crippen LogP contribution in [0.2, 0.25) is 0 Å². The van der Waals surface area contributed by atoms with Crippen LogP contribution in [0.15, 0.2) is 18.2 Å². The topological polar surface area (TPSA) is 105 Å². The highest BCUT2D eigenvalue weighted by molar-refractivity contribution is 5.96. The quantitative estimate of drug-likeness (QED) is 0.680. The zero-order chi connectivity index (χ0) is 15.6. The van der Waals surface area contributed by atoms with Crippen LogP contribution in [-0.2, 0) is 6.54 Å². The lowest BCUT2D eigenvalue weighted by molar-refractivity contribution is -0.385. The van der Waals surface area contributed by atoms with E-state index in [9.17, 15) is 14.9 Å². The third-order valence-electron chi connectivity index (χ3n) is 3.10. The molecule has 2 aromatic rings. The summed E-state index contributed by atoms with van der Waals surface area (Å²) >= 11 is 0. The van der Waals surface area contributed by atoms with Crippen molar-refractivity contribution in [3.63, 3.8) is 0 Å². The monoisotopic (exact) mass is 289 g/mol. The summed E-state index contributed by atoms with van der Waals surface area (Å²) in [6.45, 7) is 3.56. The maximum Gasteiger partial charge on any atom is 0.273 e. The van der Waals surface area contributed by atoms with Crippen LogP contribution in [0.25, 0.3) is 0 Å². The number of aryl methyl sites for hydroxylation is 1. The third-order valence-corrected chi connectivity index (χ3v) is 3.10. The van der Waals surface area contributed by atoms with E-state index in [1.165, 1.54) is 17.0 Å². The van der Waals surface area contributed by atoms with Gasteiger partial charge in [-0.15, -0.1) is 0 Å². The van der Waals surface area contributed by atoms with Crippen molar-refractivity contribution in [2.75, 3.05) is 7.05 Å². The number of carbonyl (C=O) groups excluding carboxylic acids is 1. The van der Waals surface area contributed by atoms with E-state index in [2.05, 4.69) is 15.2 Å². The maximum atomic E-state index is 12.4. The number of nitro groups is 1. The first-order valence-electron chi connectivity index (χ1n) is 6.27. The number of hydrogen-bond donors (Lipinski definition) is 1. The van der Waals surface area contributed by atoms with E-state index >= 15 is 0 Å². The molecule has 0 radical (unpaired) electrons. The Balaban J connectivity index is 2.23. The van der Waals surface area contributed by atoms with Gasteiger partial charge < -0.3 is 4.90 Å². The second-order valence-electron chi connectivity index (χ2n) is 4.71. The molecule has 0 aliphatic heterocycles. The maximum absolute atomic E-state index is 12.4. The van der Waals surface area contributed by atoms with Crippen LogP contribution in [0.4, 0.5) is 5.69 Å². The molecule has 1 aromatic heterocycles. The van der Waals surface area contributed by atoms with Crippen molar-refractivity contribution < 1.29 is 9.72 Å². The Bertz CT molecular complexity index is 695. The molecule has 1 aromatic carbocycles. The smallest absolute Gasteiger partial charge is 0.273 e. The Morgan fingerprint density at radius 3 is 2.71 bits per heavy atom. The summed E-state index contributed by atoms with van der Waals surface area (Å²) in [6.07, 6.45) is 0. The van der Waals surface area contributed by atoms with Crippen LogP contribution < -0.4 is 0 Å². The Kier molecular flexibility index (Phi) is 3.97. The van der Waals surface area contributed by atoms with Gasteiger partial charge in [-0.2, -0.15) is 5.10 Å². The molecule has 110 valence electrons. The van der Waals surface area contributed by atoms with Crippen LogP contribution >= 0.6 is 0 Å². The summed E-state index contributed by atoms with van der Waals surface area (Å²) < 4.78 is 0. The first-order valence-corrected chi connectivity index (χ1v) is 6.27. The molecular weight excluding hydrogens is 274 g/mol. The van der Waals surface area contributed by atoms with Gasteiger partial charge in [0.2, 0.25) is 0 Å². The second-order valence-corrected chi connectivity index (χ2v) is 4.71. The highest BCUT2D eigenvalue weighted by atomic mass is 16.6.